The highest BCUT2D eigenvalue weighted by Gasteiger charge is 2.16. The molecule has 2 aromatic carbocycles. The molecule has 0 aliphatic heterocycles. The standard InChI is InChI=1S/C17H20N2O3S2/c1-13(23-16-10-5-4-6-11-16)17(20)18-14-8-7-9-15(12-14)19(2)24(3,21)22/h4-13H,1-3H3,(H,18,20)/t13-/m1/s1. The van der Waals surface area contributed by atoms with Gasteiger partial charge in [0.15, 0.2) is 0 Å². The second-order valence-electron chi connectivity index (χ2n) is 5.34. The molecule has 0 bridgehead atoms. The number of nitrogens with zero attached hydrogens (tertiary/aromatic N) is 1. The fraction of sp³-hybridized carbons (Fsp3) is 0.235. The Balaban J connectivity index is 2.06. The first-order valence-electron chi connectivity index (χ1n) is 7.34. The van der Waals surface area contributed by atoms with Crippen LogP contribution in [0.3, 0.4) is 0 Å². The van der Waals surface area contributed by atoms with Gasteiger partial charge in [-0.3, -0.25) is 9.10 Å². The van der Waals surface area contributed by atoms with E-state index in [1.54, 1.807) is 24.3 Å². The summed E-state index contributed by atoms with van der Waals surface area (Å²) in [7, 11) is -1.87. The Morgan fingerprint density at radius 2 is 1.79 bits per heavy atom. The molecule has 0 radical (unpaired) electrons. The summed E-state index contributed by atoms with van der Waals surface area (Å²) in [5, 5.41) is 2.55. The van der Waals surface area contributed by atoms with Gasteiger partial charge in [-0.1, -0.05) is 24.3 Å². The zero-order valence-corrected chi connectivity index (χ0v) is 15.4. The van der Waals surface area contributed by atoms with Crippen LogP contribution in [0.2, 0.25) is 0 Å². The molecule has 1 N–H and O–H groups in total. The van der Waals surface area contributed by atoms with Crippen LogP contribution in [0.5, 0.6) is 0 Å². The summed E-state index contributed by atoms with van der Waals surface area (Å²) in [6.45, 7) is 1.83. The number of carbonyl (C=O) groups excluding carboxylic acids is 1. The first-order valence-corrected chi connectivity index (χ1v) is 10.1. The Bertz CT molecular complexity index is 808. The summed E-state index contributed by atoms with van der Waals surface area (Å²) in [4.78, 5) is 13.4. The summed E-state index contributed by atoms with van der Waals surface area (Å²) in [6, 6.07) is 16.5. The van der Waals surface area contributed by atoms with Gasteiger partial charge < -0.3 is 5.32 Å². The third kappa shape index (κ3) is 5.01. The number of nitrogens with one attached hydrogen (secondary N) is 1. The highest BCUT2D eigenvalue weighted by molar-refractivity contribution is 8.00. The number of hydrogen-bond donors (Lipinski definition) is 1. The van der Waals surface area contributed by atoms with E-state index < -0.39 is 10.0 Å². The number of thioether (sulfide) groups is 1. The molecule has 0 aliphatic carbocycles. The van der Waals surface area contributed by atoms with Crippen molar-refractivity contribution in [2.24, 2.45) is 0 Å². The maximum atomic E-state index is 12.3. The van der Waals surface area contributed by atoms with Crippen LogP contribution in [0.15, 0.2) is 59.5 Å². The Kier molecular flexibility index (Phi) is 5.90. The Morgan fingerprint density at radius 3 is 2.42 bits per heavy atom. The predicted octanol–water partition coefficient (Wildman–Crippen LogP) is 3.20. The molecular formula is C17H20N2O3S2. The Morgan fingerprint density at radius 1 is 1.12 bits per heavy atom. The number of anilines is 2. The minimum absolute atomic E-state index is 0.136. The van der Waals surface area contributed by atoms with Crippen LogP contribution >= 0.6 is 11.8 Å². The highest BCUT2D eigenvalue weighted by Crippen LogP contribution is 2.25. The van der Waals surface area contributed by atoms with E-state index in [0.29, 0.717) is 11.4 Å². The van der Waals surface area contributed by atoms with Crippen molar-refractivity contribution in [2.75, 3.05) is 22.9 Å². The second kappa shape index (κ2) is 7.72. The molecule has 128 valence electrons. The summed E-state index contributed by atoms with van der Waals surface area (Å²) in [6.07, 6.45) is 1.14. The van der Waals surface area contributed by atoms with Crippen LogP contribution in [0.1, 0.15) is 6.92 Å². The molecule has 1 amide bonds. The first kappa shape index (κ1) is 18.4. The molecule has 0 spiro atoms. The van der Waals surface area contributed by atoms with Crippen molar-refractivity contribution in [3.8, 4) is 0 Å². The third-order valence-corrected chi connectivity index (χ3v) is 5.72. The lowest BCUT2D eigenvalue weighted by Gasteiger charge is -2.18. The third-order valence-electron chi connectivity index (χ3n) is 3.40. The van der Waals surface area contributed by atoms with Crippen LogP contribution in [-0.2, 0) is 14.8 Å². The van der Waals surface area contributed by atoms with Crippen molar-refractivity contribution < 1.29 is 13.2 Å². The zero-order chi connectivity index (χ0) is 17.7. The minimum atomic E-state index is -3.34. The molecule has 0 aliphatic rings. The van der Waals surface area contributed by atoms with E-state index in [1.165, 1.54) is 23.1 Å². The quantitative estimate of drug-likeness (QED) is 0.800. The normalized spacial score (nSPS) is 12.5. The predicted molar refractivity (Wildman–Crippen MR) is 100 cm³/mol. The average Bonchev–Trinajstić information content (AvgIpc) is 2.54. The second-order valence-corrected chi connectivity index (χ2v) is 8.77. The van der Waals surface area contributed by atoms with Gasteiger partial charge in [-0.25, -0.2) is 8.42 Å². The van der Waals surface area contributed by atoms with Gasteiger partial charge in [0.25, 0.3) is 0 Å². The maximum absolute atomic E-state index is 12.3. The van der Waals surface area contributed by atoms with Gasteiger partial charge in [-0.2, -0.15) is 0 Å². The summed E-state index contributed by atoms with van der Waals surface area (Å²) in [5.74, 6) is -0.136. The summed E-state index contributed by atoms with van der Waals surface area (Å²) >= 11 is 1.47. The minimum Gasteiger partial charge on any atom is -0.325 e. The van der Waals surface area contributed by atoms with Gasteiger partial charge in [-0.15, -0.1) is 11.8 Å². The Hall–Kier alpha value is -1.99. The number of rotatable bonds is 6. The van der Waals surface area contributed by atoms with E-state index in [0.717, 1.165) is 11.2 Å². The first-order chi connectivity index (χ1) is 11.3. The average molecular weight is 364 g/mol. The van der Waals surface area contributed by atoms with Crippen LogP contribution < -0.4 is 9.62 Å². The lowest BCUT2D eigenvalue weighted by molar-refractivity contribution is -0.115. The molecule has 5 nitrogen and oxygen atoms in total. The van der Waals surface area contributed by atoms with Gasteiger partial charge >= 0.3 is 0 Å². The van der Waals surface area contributed by atoms with E-state index >= 15 is 0 Å². The van der Waals surface area contributed by atoms with Crippen LogP contribution in [0.25, 0.3) is 0 Å². The summed E-state index contributed by atoms with van der Waals surface area (Å²) < 4.78 is 24.4. The van der Waals surface area contributed by atoms with Crippen LogP contribution in [-0.4, -0.2) is 32.9 Å². The fourth-order valence-corrected chi connectivity index (χ4v) is 3.36. The molecule has 0 fully saturated rings. The highest BCUT2D eigenvalue weighted by atomic mass is 32.2. The molecule has 0 aromatic heterocycles. The van der Waals surface area contributed by atoms with Gasteiger partial charge in [0.2, 0.25) is 15.9 Å². The van der Waals surface area contributed by atoms with Crippen LogP contribution in [0.4, 0.5) is 11.4 Å². The van der Waals surface area contributed by atoms with Crippen molar-refractivity contribution in [3.63, 3.8) is 0 Å². The van der Waals surface area contributed by atoms with E-state index in [2.05, 4.69) is 5.32 Å². The van der Waals surface area contributed by atoms with E-state index in [1.807, 2.05) is 37.3 Å². The largest absolute Gasteiger partial charge is 0.325 e. The maximum Gasteiger partial charge on any atom is 0.237 e. The molecule has 2 rings (SSSR count). The number of hydrogen-bond acceptors (Lipinski definition) is 4. The lowest BCUT2D eigenvalue weighted by atomic mass is 10.2. The van der Waals surface area contributed by atoms with Crippen molar-refractivity contribution >= 4 is 39.1 Å². The van der Waals surface area contributed by atoms with Crippen LogP contribution in [0, 0.1) is 0 Å². The van der Waals surface area contributed by atoms with E-state index in [9.17, 15) is 13.2 Å². The monoisotopic (exact) mass is 364 g/mol. The zero-order valence-electron chi connectivity index (χ0n) is 13.8. The molecule has 0 unspecified atom stereocenters. The number of carbonyl (C=O) groups is 1. The molecule has 0 saturated heterocycles. The number of sulfonamides is 1. The molecule has 0 heterocycles. The molecular weight excluding hydrogens is 344 g/mol. The van der Waals surface area contributed by atoms with Gasteiger partial charge in [0.1, 0.15) is 0 Å². The molecule has 24 heavy (non-hydrogen) atoms. The lowest BCUT2D eigenvalue weighted by Crippen LogP contribution is -2.25. The van der Waals surface area contributed by atoms with Gasteiger partial charge in [-0.05, 0) is 37.3 Å². The van der Waals surface area contributed by atoms with E-state index in [-0.39, 0.29) is 11.2 Å². The molecule has 0 saturated carbocycles. The molecule has 2 aromatic rings. The van der Waals surface area contributed by atoms with Crippen molar-refractivity contribution in [1.82, 2.24) is 0 Å². The van der Waals surface area contributed by atoms with Crippen molar-refractivity contribution in [1.29, 1.82) is 0 Å². The number of benzene rings is 2. The SMILES string of the molecule is C[C@@H](Sc1ccccc1)C(=O)Nc1cccc(N(C)S(C)(=O)=O)c1. The topological polar surface area (TPSA) is 66.5 Å². The fourth-order valence-electron chi connectivity index (χ4n) is 1.97. The molecule has 1 atom stereocenters. The number of amides is 1. The van der Waals surface area contributed by atoms with Gasteiger partial charge in [0.05, 0.1) is 17.2 Å². The smallest absolute Gasteiger partial charge is 0.237 e. The molecule has 7 heteroatoms. The summed E-state index contributed by atoms with van der Waals surface area (Å²) in [5.41, 5.74) is 1.06. The van der Waals surface area contributed by atoms with E-state index in [4.69, 9.17) is 0 Å². The van der Waals surface area contributed by atoms with Crippen molar-refractivity contribution in [2.45, 2.75) is 17.1 Å². The Labute approximate surface area is 147 Å². The van der Waals surface area contributed by atoms with Crippen molar-refractivity contribution in [3.05, 3.63) is 54.6 Å². The van der Waals surface area contributed by atoms with Gasteiger partial charge in [0, 0.05) is 17.6 Å².